The first-order chi connectivity index (χ1) is 11.6. The van der Waals surface area contributed by atoms with E-state index in [9.17, 15) is 0 Å². The lowest BCUT2D eigenvalue weighted by atomic mass is 10.2. The van der Waals surface area contributed by atoms with E-state index in [-0.39, 0.29) is 12.2 Å². The maximum atomic E-state index is 9.09. The highest BCUT2D eigenvalue weighted by molar-refractivity contribution is 5.28. The predicted molar refractivity (Wildman–Crippen MR) is 85.0 cm³/mol. The quantitative estimate of drug-likeness (QED) is 0.856. The van der Waals surface area contributed by atoms with Crippen LogP contribution in [-0.2, 0) is 18.3 Å². The molecule has 0 unspecified atom stereocenters. The van der Waals surface area contributed by atoms with E-state index in [1.54, 1.807) is 0 Å². The molecule has 126 valence electrons. The Bertz CT molecular complexity index is 770. The van der Waals surface area contributed by atoms with Crippen molar-refractivity contribution in [3.8, 4) is 6.07 Å². The zero-order chi connectivity index (χ0) is 16.7. The minimum atomic E-state index is -0.187. The van der Waals surface area contributed by atoms with Crippen LogP contribution in [0.2, 0.25) is 0 Å². The summed E-state index contributed by atoms with van der Waals surface area (Å²) >= 11 is 0. The van der Waals surface area contributed by atoms with Gasteiger partial charge in [0.05, 0.1) is 6.10 Å². The lowest BCUT2D eigenvalue weighted by Gasteiger charge is -2.35. The van der Waals surface area contributed by atoms with Crippen molar-refractivity contribution in [1.82, 2.24) is 19.6 Å². The molecule has 3 heterocycles. The Balaban J connectivity index is 1.46. The molecular weight excluding hydrogens is 306 g/mol. The van der Waals surface area contributed by atoms with Crippen LogP contribution in [0.5, 0.6) is 0 Å². The molecule has 2 fully saturated rings. The van der Waals surface area contributed by atoms with Crippen LogP contribution in [-0.4, -0.2) is 38.8 Å². The molecule has 0 radical (unpaired) electrons. The summed E-state index contributed by atoms with van der Waals surface area (Å²) in [5.74, 6) is 1.88. The number of aromatic nitrogens is 3. The summed E-state index contributed by atoms with van der Waals surface area (Å²) in [6, 6.07) is 4.14. The number of aryl methyl sites for hydroxylation is 1. The zero-order valence-corrected chi connectivity index (χ0v) is 14.0. The molecule has 1 saturated heterocycles. The summed E-state index contributed by atoms with van der Waals surface area (Å²) in [4.78, 5) is 6.84. The molecule has 0 bridgehead atoms. The van der Waals surface area contributed by atoms with Crippen LogP contribution in [0, 0.1) is 11.3 Å². The molecule has 1 aliphatic heterocycles. The van der Waals surface area contributed by atoms with Gasteiger partial charge in [0.25, 0.3) is 5.89 Å². The largest absolute Gasteiger partial charge is 0.363 e. The van der Waals surface area contributed by atoms with Gasteiger partial charge in [-0.15, -0.1) is 0 Å². The first-order valence-corrected chi connectivity index (χ1v) is 8.39. The van der Waals surface area contributed by atoms with Gasteiger partial charge in [0.2, 0.25) is 0 Å². The van der Waals surface area contributed by atoms with Crippen molar-refractivity contribution in [2.45, 2.75) is 44.4 Å². The Morgan fingerprint density at radius 1 is 1.38 bits per heavy atom. The fourth-order valence-electron chi connectivity index (χ4n) is 3.28. The third-order valence-corrected chi connectivity index (χ3v) is 4.59. The normalized spacial score (nSPS) is 24.9. The molecular formula is C17H21N5O2. The van der Waals surface area contributed by atoms with Crippen LogP contribution < -0.4 is 0 Å². The second-order valence-electron chi connectivity index (χ2n) is 6.85. The van der Waals surface area contributed by atoms with E-state index in [1.165, 1.54) is 0 Å². The Labute approximate surface area is 140 Å². The summed E-state index contributed by atoms with van der Waals surface area (Å²) in [5.41, 5.74) is 1.81. The van der Waals surface area contributed by atoms with Crippen molar-refractivity contribution < 1.29 is 9.26 Å². The molecule has 2 aromatic rings. The molecule has 4 rings (SSSR count). The van der Waals surface area contributed by atoms with Gasteiger partial charge in [0.15, 0.2) is 5.82 Å². The fourth-order valence-corrected chi connectivity index (χ4v) is 3.28. The average molecular weight is 327 g/mol. The maximum Gasteiger partial charge on any atom is 0.257 e. The number of morpholine rings is 1. The SMILES string of the molecule is C[C@@H]1CN(Cc2cc(C#N)n(C)c2)C[C@H](c2nc(C3CC3)no2)O1. The molecule has 2 aliphatic rings. The number of nitrogens with zero attached hydrogens (tertiary/aromatic N) is 5. The Hall–Kier alpha value is -2.17. The standard InChI is InChI=1S/C17H21N5O2/c1-11-7-22(9-12-5-14(6-18)21(2)8-12)10-15(23-11)17-19-16(20-24-17)13-3-4-13/h5,8,11,13,15H,3-4,7,9-10H2,1-2H3/t11-,15-/m1/s1. The van der Waals surface area contributed by atoms with Gasteiger partial charge in [-0.2, -0.15) is 10.2 Å². The fraction of sp³-hybridized carbons (Fsp3) is 0.588. The number of hydrogen-bond donors (Lipinski definition) is 0. The third-order valence-electron chi connectivity index (χ3n) is 4.59. The zero-order valence-electron chi connectivity index (χ0n) is 14.0. The van der Waals surface area contributed by atoms with Crippen molar-refractivity contribution in [1.29, 1.82) is 5.26 Å². The van der Waals surface area contributed by atoms with Crippen LogP contribution in [0.3, 0.4) is 0 Å². The molecule has 2 aromatic heterocycles. The first-order valence-electron chi connectivity index (χ1n) is 8.39. The summed E-state index contributed by atoms with van der Waals surface area (Å²) in [7, 11) is 1.89. The second kappa shape index (κ2) is 6.04. The highest BCUT2D eigenvalue weighted by Crippen LogP contribution is 2.39. The number of ether oxygens (including phenoxy) is 1. The number of nitriles is 1. The van der Waals surface area contributed by atoms with Crippen molar-refractivity contribution in [2.75, 3.05) is 13.1 Å². The molecule has 0 spiro atoms. The summed E-state index contributed by atoms with van der Waals surface area (Å²) in [6.07, 6.45) is 4.22. The Morgan fingerprint density at radius 2 is 2.21 bits per heavy atom. The van der Waals surface area contributed by atoms with Crippen LogP contribution in [0.25, 0.3) is 0 Å². The van der Waals surface area contributed by atoms with Gasteiger partial charge in [-0.05, 0) is 31.4 Å². The summed E-state index contributed by atoms with van der Waals surface area (Å²) in [5, 5.41) is 13.2. The number of hydrogen-bond acceptors (Lipinski definition) is 6. The molecule has 1 saturated carbocycles. The van der Waals surface area contributed by atoms with E-state index >= 15 is 0 Å². The summed E-state index contributed by atoms with van der Waals surface area (Å²) < 4.78 is 13.3. The lowest BCUT2D eigenvalue weighted by Crippen LogP contribution is -2.42. The molecule has 24 heavy (non-hydrogen) atoms. The van der Waals surface area contributed by atoms with Crippen molar-refractivity contribution in [3.05, 3.63) is 35.2 Å². The van der Waals surface area contributed by atoms with Crippen LogP contribution >= 0.6 is 0 Å². The molecule has 2 atom stereocenters. The average Bonchev–Trinajstić information content (AvgIpc) is 3.17. The van der Waals surface area contributed by atoms with Gasteiger partial charge < -0.3 is 13.8 Å². The molecule has 0 aromatic carbocycles. The molecule has 7 nitrogen and oxygen atoms in total. The van der Waals surface area contributed by atoms with Crippen molar-refractivity contribution in [3.63, 3.8) is 0 Å². The van der Waals surface area contributed by atoms with Crippen molar-refractivity contribution in [2.24, 2.45) is 7.05 Å². The first kappa shape index (κ1) is 15.4. The van der Waals surface area contributed by atoms with E-state index in [4.69, 9.17) is 14.5 Å². The lowest BCUT2D eigenvalue weighted by molar-refractivity contribution is -0.0930. The molecule has 0 amide bonds. The minimum Gasteiger partial charge on any atom is -0.363 e. The highest BCUT2D eigenvalue weighted by Gasteiger charge is 2.34. The van der Waals surface area contributed by atoms with Gasteiger partial charge in [-0.3, -0.25) is 4.90 Å². The predicted octanol–water partition coefficient (Wildman–Crippen LogP) is 2.12. The van der Waals surface area contributed by atoms with E-state index in [1.807, 2.05) is 23.9 Å². The van der Waals surface area contributed by atoms with Crippen LogP contribution in [0.4, 0.5) is 0 Å². The Kier molecular flexibility index (Phi) is 3.87. The van der Waals surface area contributed by atoms with Gasteiger partial charge >= 0.3 is 0 Å². The van der Waals surface area contributed by atoms with Crippen molar-refractivity contribution >= 4 is 0 Å². The van der Waals surface area contributed by atoms with E-state index < -0.39 is 0 Å². The second-order valence-corrected chi connectivity index (χ2v) is 6.85. The summed E-state index contributed by atoms with van der Waals surface area (Å²) in [6.45, 7) is 4.40. The van der Waals surface area contributed by atoms with Gasteiger partial charge in [0, 0.05) is 38.8 Å². The van der Waals surface area contributed by atoms with Crippen LogP contribution in [0.1, 0.15) is 54.8 Å². The number of rotatable bonds is 4. The van der Waals surface area contributed by atoms with E-state index in [0.717, 1.165) is 37.3 Å². The topological polar surface area (TPSA) is 80.1 Å². The van der Waals surface area contributed by atoms with Gasteiger partial charge in [-0.25, -0.2) is 0 Å². The maximum absolute atomic E-state index is 9.09. The smallest absolute Gasteiger partial charge is 0.257 e. The van der Waals surface area contributed by atoms with Gasteiger partial charge in [-0.1, -0.05) is 5.16 Å². The monoisotopic (exact) mass is 327 g/mol. The van der Waals surface area contributed by atoms with Gasteiger partial charge in [0.1, 0.15) is 17.9 Å². The molecule has 0 N–H and O–H groups in total. The Morgan fingerprint density at radius 3 is 2.92 bits per heavy atom. The van der Waals surface area contributed by atoms with E-state index in [0.29, 0.717) is 24.0 Å². The molecule has 7 heteroatoms. The highest BCUT2D eigenvalue weighted by atomic mass is 16.5. The minimum absolute atomic E-state index is 0.0965. The van der Waals surface area contributed by atoms with Crippen LogP contribution in [0.15, 0.2) is 16.8 Å². The van der Waals surface area contributed by atoms with E-state index in [2.05, 4.69) is 28.0 Å². The molecule has 1 aliphatic carbocycles. The third kappa shape index (κ3) is 3.07.